The first-order valence-corrected chi connectivity index (χ1v) is 4.30. The normalized spacial score (nSPS) is 9.93. The van der Waals surface area contributed by atoms with Crippen LogP contribution in [0.4, 0.5) is 10.1 Å². The van der Waals surface area contributed by atoms with Crippen LogP contribution in [-0.4, -0.2) is 24.7 Å². The number of carboxylic acid groups (broad SMARTS) is 1. The van der Waals surface area contributed by atoms with E-state index in [0.29, 0.717) is 12.2 Å². The number of nitrogens with zero attached hydrogens (tertiary/aromatic N) is 1. The zero-order valence-electron chi connectivity index (χ0n) is 8.12. The van der Waals surface area contributed by atoms with Gasteiger partial charge in [0.2, 0.25) is 0 Å². The van der Waals surface area contributed by atoms with Crippen LogP contribution >= 0.6 is 0 Å². The molecule has 0 saturated carbocycles. The Kier molecular flexibility index (Phi) is 3.06. The SMILES string of the molecule is CCN(C)c1ccc(C(=O)O)cc1F. The van der Waals surface area contributed by atoms with Crippen LogP contribution in [-0.2, 0) is 0 Å². The molecule has 1 aromatic carbocycles. The predicted molar refractivity (Wildman–Crippen MR) is 52.3 cm³/mol. The molecule has 4 heteroatoms. The topological polar surface area (TPSA) is 40.5 Å². The van der Waals surface area contributed by atoms with Crippen LogP contribution in [0.5, 0.6) is 0 Å². The van der Waals surface area contributed by atoms with E-state index >= 15 is 0 Å². The Balaban J connectivity index is 3.07. The fraction of sp³-hybridized carbons (Fsp3) is 0.300. The van der Waals surface area contributed by atoms with Crippen LogP contribution in [0.1, 0.15) is 17.3 Å². The maximum absolute atomic E-state index is 13.3. The van der Waals surface area contributed by atoms with Gasteiger partial charge in [0.15, 0.2) is 0 Å². The minimum atomic E-state index is -1.12. The number of rotatable bonds is 3. The van der Waals surface area contributed by atoms with Gasteiger partial charge in [0.05, 0.1) is 11.3 Å². The summed E-state index contributed by atoms with van der Waals surface area (Å²) in [5, 5.41) is 8.62. The molecular formula is C10H12FNO2. The molecule has 0 atom stereocenters. The third-order valence-electron chi connectivity index (χ3n) is 2.08. The van der Waals surface area contributed by atoms with Crippen molar-refractivity contribution in [3.05, 3.63) is 29.6 Å². The molecule has 1 rings (SSSR count). The monoisotopic (exact) mass is 197 g/mol. The van der Waals surface area contributed by atoms with Crippen molar-refractivity contribution in [1.82, 2.24) is 0 Å². The van der Waals surface area contributed by atoms with Crippen molar-refractivity contribution in [2.45, 2.75) is 6.92 Å². The molecule has 0 aliphatic rings. The van der Waals surface area contributed by atoms with Gasteiger partial charge >= 0.3 is 5.97 Å². The number of halogens is 1. The van der Waals surface area contributed by atoms with Crippen LogP contribution in [0.15, 0.2) is 18.2 Å². The van der Waals surface area contributed by atoms with E-state index in [2.05, 4.69) is 0 Å². The number of hydrogen-bond donors (Lipinski definition) is 1. The minimum absolute atomic E-state index is 0.0317. The van der Waals surface area contributed by atoms with E-state index in [9.17, 15) is 9.18 Å². The molecule has 0 aromatic heterocycles. The molecule has 0 spiro atoms. The van der Waals surface area contributed by atoms with E-state index in [4.69, 9.17) is 5.11 Å². The van der Waals surface area contributed by atoms with Gasteiger partial charge in [-0.1, -0.05) is 0 Å². The van der Waals surface area contributed by atoms with Gasteiger partial charge in [-0.05, 0) is 25.1 Å². The van der Waals surface area contributed by atoms with Crippen molar-refractivity contribution >= 4 is 11.7 Å². The maximum atomic E-state index is 13.3. The van der Waals surface area contributed by atoms with Crippen LogP contribution in [0.3, 0.4) is 0 Å². The molecule has 0 radical (unpaired) electrons. The number of benzene rings is 1. The summed E-state index contributed by atoms with van der Waals surface area (Å²) in [4.78, 5) is 12.2. The lowest BCUT2D eigenvalue weighted by atomic mass is 10.2. The van der Waals surface area contributed by atoms with Crippen LogP contribution in [0, 0.1) is 5.82 Å². The first kappa shape index (κ1) is 10.5. The minimum Gasteiger partial charge on any atom is -0.478 e. The molecule has 14 heavy (non-hydrogen) atoms. The standard InChI is InChI=1S/C10H12FNO2/c1-3-12(2)9-5-4-7(10(13)14)6-8(9)11/h4-6H,3H2,1-2H3,(H,13,14). The summed E-state index contributed by atoms with van der Waals surface area (Å²) in [5.41, 5.74) is 0.383. The molecule has 0 fully saturated rings. The summed E-state index contributed by atoms with van der Waals surface area (Å²) in [6.07, 6.45) is 0. The molecule has 0 amide bonds. The van der Waals surface area contributed by atoms with Crippen LogP contribution in [0.2, 0.25) is 0 Å². The van der Waals surface area contributed by atoms with E-state index in [1.807, 2.05) is 6.92 Å². The summed E-state index contributed by atoms with van der Waals surface area (Å²) < 4.78 is 13.3. The van der Waals surface area contributed by atoms with E-state index < -0.39 is 11.8 Å². The molecular weight excluding hydrogens is 185 g/mol. The van der Waals surface area contributed by atoms with E-state index in [-0.39, 0.29) is 5.56 Å². The van der Waals surface area contributed by atoms with E-state index in [1.54, 1.807) is 11.9 Å². The highest BCUT2D eigenvalue weighted by molar-refractivity contribution is 5.88. The Bertz CT molecular complexity index is 352. The third kappa shape index (κ3) is 2.02. The summed E-state index contributed by atoms with van der Waals surface area (Å²) in [6.45, 7) is 2.56. The average molecular weight is 197 g/mol. The van der Waals surface area contributed by atoms with E-state index in [0.717, 1.165) is 6.07 Å². The molecule has 3 nitrogen and oxygen atoms in total. The van der Waals surface area contributed by atoms with Gasteiger partial charge in [0, 0.05) is 13.6 Å². The van der Waals surface area contributed by atoms with Gasteiger partial charge in [-0.2, -0.15) is 0 Å². The maximum Gasteiger partial charge on any atom is 0.335 e. The fourth-order valence-electron chi connectivity index (χ4n) is 1.12. The smallest absolute Gasteiger partial charge is 0.335 e. The Morgan fingerprint density at radius 1 is 1.57 bits per heavy atom. The molecule has 0 aliphatic carbocycles. The number of carbonyl (C=O) groups is 1. The first-order valence-electron chi connectivity index (χ1n) is 4.30. The average Bonchev–Trinajstić information content (AvgIpc) is 2.16. The third-order valence-corrected chi connectivity index (χ3v) is 2.08. The second kappa shape index (κ2) is 4.09. The summed E-state index contributed by atoms with van der Waals surface area (Å²) in [7, 11) is 1.75. The number of anilines is 1. The summed E-state index contributed by atoms with van der Waals surface area (Å²) >= 11 is 0. The van der Waals surface area contributed by atoms with E-state index in [1.165, 1.54) is 12.1 Å². The first-order chi connectivity index (χ1) is 6.56. The molecule has 76 valence electrons. The molecule has 1 aromatic rings. The zero-order valence-corrected chi connectivity index (χ0v) is 8.12. The number of hydrogen-bond acceptors (Lipinski definition) is 2. The van der Waals surface area contributed by atoms with Gasteiger partial charge < -0.3 is 10.0 Å². The van der Waals surface area contributed by atoms with Crippen molar-refractivity contribution in [3.8, 4) is 0 Å². The lowest BCUT2D eigenvalue weighted by Gasteiger charge is -2.17. The second-order valence-electron chi connectivity index (χ2n) is 2.99. The second-order valence-corrected chi connectivity index (χ2v) is 2.99. The zero-order chi connectivity index (χ0) is 10.7. The Labute approximate surface area is 81.8 Å². The van der Waals surface area contributed by atoms with Crippen LogP contribution in [0.25, 0.3) is 0 Å². The molecule has 0 heterocycles. The van der Waals surface area contributed by atoms with Crippen molar-refractivity contribution in [2.75, 3.05) is 18.5 Å². The summed E-state index contributed by atoms with van der Waals surface area (Å²) in [6, 6.07) is 3.90. The predicted octanol–water partition coefficient (Wildman–Crippen LogP) is 1.98. The van der Waals surface area contributed by atoms with Crippen molar-refractivity contribution in [3.63, 3.8) is 0 Å². The molecule has 0 unspecified atom stereocenters. The quantitative estimate of drug-likeness (QED) is 0.805. The lowest BCUT2D eigenvalue weighted by Crippen LogP contribution is -2.17. The summed E-state index contributed by atoms with van der Waals surface area (Å²) in [5.74, 6) is -1.62. The van der Waals surface area contributed by atoms with Crippen molar-refractivity contribution in [2.24, 2.45) is 0 Å². The Morgan fingerprint density at radius 3 is 2.64 bits per heavy atom. The Hall–Kier alpha value is -1.58. The Morgan fingerprint density at radius 2 is 2.21 bits per heavy atom. The van der Waals surface area contributed by atoms with Gasteiger partial charge in [0.25, 0.3) is 0 Å². The highest BCUT2D eigenvalue weighted by atomic mass is 19.1. The van der Waals surface area contributed by atoms with Crippen molar-refractivity contribution in [1.29, 1.82) is 0 Å². The lowest BCUT2D eigenvalue weighted by molar-refractivity contribution is 0.0696. The highest BCUT2D eigenvalue weighted by Crippen LogP contribution is 2.18. The van der Waals surface area contributed by atoms with Gasteiger partial charge in [-0.15, -0.1) is 0 Å². The molecule has 0 bridgehead atoms. The van der Waals surface area contributed by atoms with Gasteiger partial charge in [-0.25, -0.2) is 9.18 Å². The molecule has 0 saturated heterocycles. The van der Waals surface area contributed by atoms with Gasteiger partial charge in [0.1, 0.15) is 5.82 Å². The van der Waals surface area contributed by atoms with Gasteiger partial charge in [-0.3, -0.25) is 0 Å². The molecule has 1 N–H and O–H groups in total. The van der Waals surface area contributed by atoms with Crippen molar-refractivity contribution < 1.29 is 14.3 Å². The fourth-order valence-corrected chi connectivity index (χ4v) is 1.12. The molecule has 0 aliphatic heterocycles. The van der Waals surface area contributed by atoms with Crippen LogP contribution < -0.4 is 4.90 Å². The number of carboxylic acids is 1. The highest BCUT2D eigenvalue weighted by Gasteiger charge is 2.09. The largest absolute Gasteiger partial charge is 0.478 e. The number of aromatic carboxylic acids is 1.